The fourth-order valence-corrected chi connectivity index (χ4v) is 2.67. The van der Waals surface area contributed by atoms with Crippen LogP contribution in [0.2, 0.25) is 0 Å². The van der Waals surface area contributed by atoms with Gasteiger partial charge in [0.25, 0.3) is 0 Å². The minimum absolute atomic E-state index is 0.130. The van der Waals surface area contributed by atoms with Gasteiger partial charge in [0.05, 0.1) is 10.6 Å². The fraction of sp³-hybridized carbons (Fsp3) is 0.583. The summed E-state index contributed by atoms with van der Waals surface area (Å²) in [6, 6.07) is 1.92. The summed E-state index contributed by atoms with van der Waals surface area (Å²) in [4.78, 5) is 4.23. The summed E-state index contributed by atoms with van der Waals surface area (Å²) >= 11 is 6.77. The van der Waals surface area contributed by atoms with Crippen LogP contribution in [0.5, 0.6) is 0 Å². The quantitative estimate of drug-likeness (QED) is 0.852. The Morgan fingerprint density at radius 3 is 2.59 bits per heavy atom. The number of nitrogens with one attached hydrogen (secondary N) is 1. The van der Waals surface area contributed by atoms with Crippen molar-refractivity contribution in [1.29, 1.82) is 0 Å². The van der Waals surface area contributed by atoms with Crippen molar-refractivity contribution in [2.24, 2.45) is 5.41 Å². The normalized spacial score (nSPS) is 13.5. The van der Waals surface area contributed by atoms with Crippen LogP contribution in [0.4, 0.5) is 5.82 Å². The molecule has 96 valence electrons. The molecule has 5 heteroatoms. The van der Waals surface area contributed by atoms with Gasteiger partial charge in [-0.2, -0.15) is 0 Å². The van der Waals surface area contributed by atoms with Gasteiger partial charge in [-0.1, -0.05) is 20.8 Å². The van der Waals surface area contributed by atoms with Crippen molar-refractivity contribution in [3.63, 3.8) is 0 Å². The number of nitrogens with zero attached hydrogens (tertiary/aromatic N) is 1. The first kappa shape index (κ1) is 14.9. The summed E-state index contributed by atoms with van der Waals surface area (Å²) in [5, 5.41) is 13.0. The van der Waals surface area contributed by atoms with E-state index in [-0.39, 0.29) is 11.5 Å². The maximum absolute atomic E-state index is 9.88. The molecule has 0 amide bonds. The van der Waals surface area contributed by atoms with Crippen LogP contribution < -0.4 is 5.32 Å². The third-order valence-electron chi connectivity index (χ3n) is 2.16. The van der Waals surface area contributed by atoms with E-state index in [0.29, 0.717) is 6.54 Å². The molecular weight excluding hydrogens is 348 g/mol. The summed E-state index contributed by atoms with van der Waals surface area (Å²) in [6.07, 6.45) is 2.12. The summed E-state index contributed by atoms with van der Waals surface area (Å²) < 4.78 is 1.81. The lowest BCUT2D eigenvalue weighted by atomic mass is 9.89. The first-order valence-electron chi connectivity index (χ1n) is 5.51. The van der Waals surface area contributed by atoms with Crippen LogP contribution in [0, 0.1) is 5.41 Å². The number of hydrogen-bond acceptors (Lipinski definition) is 3. The van der Waals surface area contributed by atoms with Gasteiger partial charge in [-0.05, 0) is 49.8 Å². The zero-order chi connectivity index (χ0) is 13.1. The van der Waals surface area contributed by atoms with Crippen molar-refractivity contribution in [2.45, 2.75) is 33.3 Å². The number of aliphatic hydroxyl groups is 1. The Kier molecular flexibility index (Phi) is 5.41. The van der Waals surface area contributed by atoms with E-state index in [1.54, 1.807) is 6.20 Å². The molecule has 0 aromatic carbocycles. The van der Waals surface area contributed by atoms with Gasteiger partial charge in [-0.25, -0.2) is 4.98 Å². The average Bonchev–Trinajstić information content (AvgIpc) is 2.13. The van der Waals surface area contributed by atoms with Crippen LogP contribution in [0.1, 0.15) is 27.2 Å². The van der Waals surface area contributed by atoms with Gasteiger partial charge < -0.3 is 10.4 Å². The standard InChI is InChI=1S/C12H18Br2N2O/c1-12(2,3)5-9(17)7-16-11-10(14)4-8(13)6-15-11/h4,6,9,17H,5,7H2,1-3H3,(H,15,16). The van der Waals surface area contributed by atoms with Crippen LogP contribution in [0.25, 0.3) is 0 Å². The number of hydrogen-bond donors (Lipinski definition) is 2. The van der Waals surface area contributed by atoms with Gasteiger partial charge >= 0.3 is 0 Å². The molecule has 0 bridgehead atoms. The van der Waals surface area contributed by atoms with Crippen molar-refractivity contribution < 1.29 is 5.11 Å². The van der Waals surface area contributed by atoms with Crippen molar-refractivity contribution in [2.75, 3.05) is 11.9 Å². The van der Waals surface area contributed by atoms with Crippen LogP contribution in [0.15, 0.2) is 21.2 Å². The first-order chi connectivity index (χ1) is 7.78. The van der Waals surface area contributed by atoms with Gasteiger partial charge in [0.15, 0.2) is 0 Å². The van der Waals surface area contributed by atoms with Gasteiger partial charge in [-0.3, -0.25) is 0 Å². The third kappa shape index (κ3) is 5.84. The predicted molar refractivity (Wildman–Crippen MR) is 78.2 cm³/mol. The molecule has 0 saturated carbocycles. The van der Waals surface area contributed by atoms with E-state index in [4.69, 9.17) is 0 Å². The number of halogens is 2. The molecule has 0 radical (unpaired) electrons. The predicted octanol–water partition coefficient (Wildman–Crippen LogP) is 3.82. The molecule has 2 N–H and O–H groups in total. The van der Waals surface area contributed by atoms with E-state index in [1.807, 2.05) is 6.07 Å². The van der Waals surface area contributed by atoms with Crippen LogP contribution >= 0.6 is 31.9 Å². The number of aliphatic hydroxyl groups excluding tert-OH is 1. The lowest BCUT2D eigenvalue weighted by Crippen LogP contribution is -2.25. The second kappa shape index (κ2) is 6.16. The number of aromatic nitrogens is 1. The summed E-state index contributed by atoms with van der Waals surface area (Å²) in [5.74, 6) is 0.751. The molecule has 1 unspecified atom stereocenters. The van der Waals surface area contributed by atoms with Gasteiger partial charge in [-0.15, -0.1) is 0 Å². The van der Waals surface area contributed by atoms with Crippen LogP contribution in [-0.2, 0) is 0 Å². The summed E-state index contributed by atoms with van der Waals surface area (Å²) in [5.41, 5.74) is 0.130. The Hall–Kier alpha value is -0.130. The van der Waals surface area contributed by atoms with E-state index in [9.17, 15) is 5.11 Å². The van der Waals surface area contributed by atoms with E-state index in [0.717, 1.165) is 21.2 Å². The zero-order valence-corrected chi connectivity index (χ0v) is 13.5. The van der Waals surface area contributed by atoms with E-state index in [1.165, 1.54) is 0 Å². The SMILES string of the molecule is CC(C)(C)CC(O)CNc1ncc(Br)cc1Br. The number of anilines is 1. The summed E-state index contributed by atoms with van der Waals surface area (Å²) in [7, 11) is 0. The molecule has 0 aliphatic heterocycles. The van der Waals surface area contributed by atoms with Crippen molar-refractivity contribution in [3.05, 3.63) is 21.2 Å². The van der Waals surface area contributed by atoms with E-state index in [2.05, 4.69) is 62.9 Å². The highest BCUT2D eigenvalue weighted by Crippen LogP contribution is 2.24. The maximum atomic E-state index is 9.88. The second-order valence-corrected chi connectivity index (χ2v) is 7.05. The molecular formula is C12H18Br2N2O. The Bertz CT molecular complexity index is 377. The highest BCUT2D eigenvalue weighted by molar-refractivity contribution is 9.11. The average molecular weight is 366 g/mol. The lowest BCUT2D eigenvalue weighted by molar-refractivity contribution is 0.132. The monoisotopic (exact) mass is 364 g/mol. The third-order valence-corrected chi connectivity index (χ3v) is 3.20. The maximum Gasteiger partial charge on any atom is 0.140 e. The Balaban J connectivity index is 2.50. The van der Waals surface area contributed by atoms with Crippen LogP contribution in [-0.4, -0.2) is 22.7 Å². The van der Waals surface area contributed by atoms with E-state index >= 15 is 0 Å². The number of pyridine rings is 1. The first-order valence-corrected chi connectivity index (χ1v) is 7.09. The number of rotatable bonds is 4. The van der Waals surface area contributed by atoms with Gasteiger partial charge in [0.2, 0.25) is 0 Å². The van der Waals surface area contributed by atoms with Crippen LogP contribution in [0.3, 0.4) is 0 Å². The highest BCUT2D eigenvalue weighted by Gasteiger charge is 2.16. The molecule has 0 fully saturated rings. The Morgan fingerprint density at radius 2 is 2.06 bits per heavy atom. The molecule has 3 nitrogen and oxygen atoms in total. The second-order valence-electron chi connectivity index (χ2n) is 5.28. The van der Waals surface area contributed by atoms with E-state index < -0.39 is 0 Å². The molecule has 0 aliphatic rings. The highest BCUT2D eigenvalue weighted by atomic mass is 79.9. The summed E-state index contributed by atoms with van der Waals surface area (Å²) in [6.45, 7) is 6.85. The minimum Gasteiger partial charge on any atom is -0.391 e. The molecule has 0 aliphatic carbocycles. The van der Waals surface area contributed by atoms with Crippen molar-refractivity contribution in [1.82, 2.24) is 4.98 Å². The zero-order valence-electron chi connectivity index (χ0n) is 10.3. The van der Waals surface area contributed by atoms with Crippen molar-refractivity contribution >= 4 is 37.7 Å². The molecule has 17 heavy (non-hydrogen) atoms. The Morgan fingerprint density at radius 1 is 1.41 bits per heavy atom. The largest absolute Gasteiger partial charge is 0.391 e. The molecule has 1 aromatic rings. The fourth-order valence-electron chi connectivity index (χ4n) is 1.54. The molecule has 1 aromatic heterocycles. The minimum atomic E-state index is -0.368. The molecule has 0 spiro atoms. The van der Waals surface area contributed by atoms with Crippen molar-refractivity contribution in [3.8, 4) is 0 Å². The topological polar surface area (TPSA) is 45.1 Å². The molecule has 1 atom stereocenters. The Labute approximate surface area is 119 Å². The van der Waals surface area contributed by atoms with Gasteiger partial charge in [0, 0.05) is 17.2 Å². The van der Waals surface area contributed by atoms with Gasteiger partial charge in [0.1, 0.15) is 5.82 Å². The smallest absolute Gasteiger partial charge is 0.140 e. The lowest BCUT2D eigenvalue weighted by Gasteiger charge is -2.22. The molecule has 1 heterocycles. The molecule has 1 rings (SSSR count). The molecule has 0 saturated heterocycles.